The average molecular weight is 218 g/mol. The first-order valence-corrected chi connectivity index (χ1v) is 4.36. The molecule has 0 aliphatic heterocycles. The number of halogens is 3. The summed E-state index contributed by atoms with van der Waals surface area (Å²) in [6, 6.07) is 0.559. The molecule has 0 aliphatic rings. The highest BCUT2D eigenvalue weighted by Gasteiger charge is 2.18. The third-order valence-corrected chi connectivity index (χ3v) is 1.67. The van der Waals surface area contributed by atoms with Crippen LogP contribution in [0.15, 0.2) is 6.07 Å². The van der Waals surface area contributed by atoms with Crippen molar-refractivity contribution in [2.75, 3.05) is 6.54 Å². The van der Waals surface area contributed by atoms with Crippen molar-refractivity contribution in [2.24, 2.45) is 0 Å². The highest BCUT2D eigenvalue weighted by Crippen LogP contribution is 2.10. The highest BCUT2D eigenvalue weighted by atomic mass is 19.2. The summed E-state index contributed by atoms with van der Waals surface area (Å²) >= 11 is 0. The Kier molecular flexibility index (Phi) is 3.65. The van der Waals surface area contributed by atoms with E-state index in [1.165, 1.54) is 0 Å². The lowest BCUT2D eigenvalue weighted by molar-refractivity contribution is 0.0947. The van der Waals surface area contributed by atoms with Crippen molar-refractivity contribution in [3.8, 4) is 0 Å². The van der Waals surface area contributed by atoms with E-state index in [2.05, 4.69) is 10.3 Å². The van der Waals surface area contributed by atoms with E-state index in [-0.39, 0.29) is 0 Å². The molecular formula is C9H9F3N2O. The monoisotopic (exact) mass is 218 g/mol. The van der Waals surface area contributed by atoms with Crippen molar-refractivity contribution in [3.05, 3.63) is 29.3 Å². The summed E-state index contributed by atoms with van der Waals surface area (Å²) in [4.78, 5) is 13.8. The molecule has 0 fully saturated rings. The fraction of sp³-hybridized carbons (Fsp3) is 0.333. The van der Waals surface area contributed by atoms with E-state index in [0.717, 1.165) is 0 Å². The summed E-state index contributed by atoms with van der Waals surface area (Å²) in [5.74, 6) is -5.13. The predicted molar refractivity (Wildman–Crippen MR) is 46.7 cm³/mol. The van der Waals surface area contributed by atoms with Gasteiger partial charge >= 0.3 is 0 Å². The molecule has 6 heteroatoms. The van der Waals surface area contributed by atoms with Gasteiger partial charge in [0, 0.05) is 12.6 Å². The van der Waals surface area contributed by atoms with Gasteiger partial charge in [-0.1, -0.05) is 6.92 Å². The maximum Gasteiger partial charge on any atom is 0.254 e. The molecular weight excluding hydrogens is 209 g/mol. The highest BCUT2D eigenvalue weighted by molar-refractivity contribution is 5.94. The first-order chi connectivity index (χ1) is 7.06. The van der Waals surface area contributed by atoms with Crippen LogP contribution in [0.3, 0.4) is 0 Å². The molecule has 0 spiro atoms. The number of hydrogen-bond acceptors (Lipinski definition) is 2. The van der Waals surface area contributed by atoms with Gasteiger partial charge in [0.15, 0.2) is 5.82 Å². The second-order valence-electron chi connectivity index (χ2n) is 2.85. The van der Waals surface area contributed by atoms with Gasteiger partial charge in [0.05, 0.1) is 5.56 Å². The number of rotatable bonds is 3. The number of carbonyl (C=O) groups excluding carboxylic acids is 1. The quantitative estimate of drug-likeness (QED) is 0.783. The molecule has 82 valence electrons. The van der Waals surface area contributed by atoms with Crippen molar-refractivity contribution in [2.45, 2.75) is 13.3 Å². The SMILES string of the molecule is CCCNC(=O)c1cc(F)nc(F)c1F. The lowest BCUT2D eigenvalue weighted by Crippen LogP contribution is -2.25. The van der Waals surface area contributed by atoms with Crippen molar-refractivity contribution >= 4 is 5.91 Å². The van der Waals surface area contributed by atoms with E-state index in [4.69, 9.17) is 0 Å². The number of carbonyl (C=O) groups is 1. The van der Waals surface area contributed by atoms with E-state index in [0.29, 0.717) is 19.0 Å². The van der Waals surface area contributed by atoms with E-state index in [9.17, 15) is 18.0 Å². The number of nitrogens with zero attached hydrogens (tertiary/aromatic N) is 1. The van der Waals surface area contributed by atoms with Crippen LogP contribution in [0.5, 0.6) is 0 Å². The number of pyridine rings is 1. The number of hydrogen-bond donors (Lipinski definition) is 1. The summed E-state index contributed by atoms with van der Waals surface area (Å²) in [7, 11) is 0. The van der Waals surface area contributed by atoms with E-state index >= 15 is 0 Å². The van der Waals surface area contributed by atoms with Gasteiger partial charge in [-0.3, -0.25) is 4.79 Å². The summed E-state index contributed by atoms with van der Waals surface area (Å²) in [5, 5.41) is 2.30. The Hall–Kier alpha value is -1.59. The lowest BCUT2D eigenvalue weighted by Gasteiger charge is -2.04. The smallest absolute Gasteiger partial charge is 0.254 e. The molecule has 1 aromatic heterocycles. The van der Waals surface area contributed by atoms with Crippen LogP contribution in [0.4, 0.5) is 13.2 Å². The Morgan fingerprint density at radius 1 is 1.47 bits per heavy atom. The molecule has 0 saturated carbocycles. The van der Waals surface area contributed by atoms with Crippen LogP contribution in [-0.2, 0) is 0 Å². The molecule has 1 aromatic rings. The Morgan fingerprint density at radius 3 is 2.73 bits per heavy atom. The zero-order chi connectivity index (χ0) is 11.4. The van der Waals surface area contributed by atoms with E-state index in [1.807, 2.05) is 0 Å². The third-order valence-electron chi connectivity index (χ3n) is 1.67. The third kappa shape index (κ3) is 2.68. The fourth-order valence-corrected chi connectivity index (χ4v) is 0.968. The zero-order valence-corrected chi connectivity index (χ0v) is 7.98. The normalized spacial score (nSPS) is 10.1. The van der Waals surface area contributed by atoms with Crippen molar-refractivity contribution in [1.29, 1.82) is 0 Å². The average Bonchev–Trinajstić information content (AvgIpc) is 2.19. The fourth-order valence-electron chi connectivity index (χ4n) is 0.968. The molecule has 0 bridgehead atoms. The molecule has 1 amide bonds. The predicted octanol–water partition coefficient (Wildman–Crippen LogP) is 1.64. The first-order valence-electron chi connectivity index (χ1n) is 4.36. The molecule has 0 radical (unpaired) electrons. The largest absolute Gasteiger partial charge is 0.352 e. The van der Waals surface area contributed by atoms with Gasteiger partial charge in [0.25, 0.3) is 11.9 Å². The van der Waals surface area contributed by atoms with Gasteiger partial charge in [-0.05, 0) is 6.42 Å². The minimum Gasteiger partial charge on any atom is -0.352 e. The summed E-state index contributed by atoms with van der Waals surface area (Å²) in [6.45, 7) is 2.11. The Labute approximate surface area is 84.3 Å². The summed E-state index contributed by atoms with van der Waals surface area (Å²) in [6.07, 6.45) is 0.642. The van der Waals surface area contributed by atoms with Crippen molar-refractivity contribution in [1.82, 2.24) is 10.3 Å². The molecule has 0 unspecified atom stereocenters. The second-order valence-corrected chi connectivity index (χ2v) is 2.85. The van der Waals surface area contributed by atoms with E-state index in [1.54, 1.807) is 6.92 Å². The summed E-state index contributed by atoms with van der Waals surface area (Å²) < 4.78 is 38.2. The molecule has 1 heterocycles. The van der Waals surface area contributed by atoms with Crippen LogP contribution in [0, 0.1) is 17.7 Å². The standard InChI is InChI=1S/C9H9F3N2O/c1-2-3-13-9(15)5-4-6(10)14-8(12)7(5)11/h4H,2-3H2,1H3,(H,13,15). The molecule has 1 N–H and O–H groups in total. The number of amides is 1. The first kappa shape index (κ1) is 11.5. The van der Waals surface area contributed by atoms with Crippen LogP contribution in [-0.4, -0.2) is 17.4 Å². The minimum absolute atomic E-state index is 0.309. The summed E-state index contributed by atoms with van der Waals surface area (Å²) in [5.41, 5.74) is -0.673. The minimum atomic E-state index is -1.61. The van der Waals surface area contributed by atoms with Gasteiger partial charge in [-0.15, -0.1) is 0 Å². The van der Waals surface area contributed by atoms with Gasteiger partial charge in [0.2, 0.25) is 5.95 Å². The molecule has 0 atom stereocenters. The molecule has 0 aliphatic carbocycles. The van der Waals surface area contributed by atoms with Gasteiger partial charge in [-0.25, -0.2) is 4.39 Å². The van der Waals surface area contributed by atoms with E-state index < -0.39 is 29.2 Å². The van der Waals surface area contributed by atoms with Crippen LogP contribution in [0.2, 0.25) is 0 Å². The zero-order valence-electron chi connectivity index (χ0n) is 7.98. The molecule has 3 nitrogen and oxygen atoms in total. The molecule has 1 rings (SSSR count). The van der Waals surface area contributed by atoms with Gasteiger partial charge in [0.1, 0.15) is 0 Å². The second kappa shape index (κ2) is 4.77. The van der Waals surface area contributed by atoms with Gasteiger partial charge < -0.3 is 5.32 Å². The Balaban J connectivity index is 2.98. The molecule has 15 heavy (non-hydrogen) atoms. The maximum absolute atomic E-state index is 13.0. The van der Waals surface area contributed by atoms with Gasteiger partial charge in [-0.2, -0.15) is 13.8 Å². The van der Waals surface area contributed by atoms with Crippen molar-refractivity contribution < 1.29 is 18.0 Å². The molecule has 0 aromatic carbocycles. The number of aromatic nitrogens is 1. The topological polar surface area (TPSA) is 42.0 Å². The Morgan fingerprint density at radius 2 is 2.13 bits per heavy atom. The van der Waals surface area contributed by atoms with Crippen molar-refractivity contribution in [3.63, 3.8) is 0 Å². The van der Waals surface area contributed by atoms with Crippen LogP contribution in [0.1, 0.15) is 23.7 Å². The maximum atomic E-state index is 13.0. The van der Waals surface area contributed by atoms with Crippen LogP contribution >= 0.6 is 0 Å². The Bertz CT molecular complexity index is 382. The number of nitrogens with one attached hydrogen (secondary N) is 1. The molecule has 0 saturated heterocycles. The van der Waals surface area contributed by atoms with Crippen LogP contribution in [0.25, 0.3) is 0 Å². The van der Waals surface area contributed by atoms with Crippen LogP contribution < -0.4 is 5.32 Å². The lowest BCUT2D eigenvalue weighted by atomic mass is 10.2.